The summed E-state index contributed by atoms with van der Waals surface area (Å²) in [5.74, 6) is 1.07. The first-order valence-electron chi connectivity index (χ1n) is 6.43. The Morgan fingerprint density at radius 3 is 2.76 bits per heavy atom. The van der Waals surface area contributed by atoms with Crippen molar-refractivity contribution in [2.24, 2.45) is 11.8 Å². The van der Waals surface area contributed by atoms with Crippen LogP contribution in [-0.4, -0.2) is 5.78 Å². The molecule has 1 aromatic heterocycles. The van der Waals surface area contributed by atoms with Crippen molar-refractivity contribution in [2.75, 3.05) is 0 Å². The summed E-state index contributed by atoms with van der Waals surface area (Å²) >= 11 is 7.71. The molecular formula is C14H19ClOS. The molecule has 1 heterocycles. The number of hydrogen-bond donors (Lipinski definition) is 0. The fourth-order valence-electron chi connectivity index (χ4n) is 2.81. The van der Waals surface area contributed by atoms with E-state index in [0.717, 1.165) is 23.3 Å². The molecule has 2 atom stereocenters. The van der Waals surface area contributed by atoms with Crippen molar-refractivity contribution in [3.63, 3.8) is 0 Å². The molecule has 1 aliphatic carbocycles. The second-order valence-corrected chi connectivity index (χ2v) is 6.24. The zero-order valence-electron chi connectivity index (χ0n) is 10.5. The van der Waals surface area contributed by atoms with Crippen molar-refractivity contribution >= 4 is 28.7 Å². The van der Waals surface area contributed by atoms with Crippen LogP contribution >= 0.6 is 22.9 Å². The molecule has 94 valence electrons. The first-order chi connectivity index (χ1) is 8.15. The third-order valence-corrected chi connectivity index (χ3v) is 5.60. The van der Waals surface area contributed by atoms with E-state index in [-0.39, 0.29) is 5.92 Å². The van der Waals surface area contributed by atoms with Crippen LogP contribution in [0.2, 0.25) is 5.02 Å². The normalized spacial score (nSPS) is 24.9. The highest BCUT2D eigenvalue weighted by Crippen LogP contribution is 2.38. The molecule has 0 saturated heterocycles. The molecule has 0 amide bonds. The van der Waals surface area contributed by atoms with E-state index in [1.165, 1.54) is 30.6 Å². The van der Waals surface area contributed by atoms with Gasteiger partial charge in [0.2, 0.25) is 0 Å². The molecule has 3 heteroatoms. The predicted octanol–water partition coefficient (Wildman–Crippen LogP) is 5.11. The number of Topliss-reactive ketones (excluding diaryl/α,β-unsaturated/α-hetero) is 1. The fourth-order valence-corrected chi connectivity index (χ4v) is 4.10. The average molecular weight is 271 g/mol. The topological polar surface area (TPSA) is 17.1 Å². The van der Waals surface area contributed by atoms with Gasteiger partial charge in [-0.25, -0.2) is 0 Å². The standard InChI is InChI=1S/C14H19ClOS/c1-3-10-6-4-5-7-11(10)13(16)14-12(15)9(2)8-17-14/h8,10-11H,3-7H2,1-2H3. The van der Waals surface area contributed by atoms with Crippen LogP contribution in [0.3, 0.4) is 0 Å². The average Bonchev–Trinajstić information content (AvgIpc) is 2.69. The molecule has 0 N–H and O–H groups in total. The number of thiophene rings is 1. The van der Waals surface area contributed by atoms with Gasteiger partial charge in [0, 0.05) is 5.92 Å². The first-order valence-corrected chi connectivity index (χ1v) is 7.68. The van der Waals surface area contributed by atoms with Crippen LogP contribution in [0.5, 0.6) is 0 Å². The van der Waals surface area contributed by atoms with E-state index in [1.807, 2.05) is 12.3 Å². The predicted molar refractivity (Wildman–Crippen MR) is 74.1 cm³/mol. The number of carbonyl (C=O) groups is 1. The number of rotatable bonds is 3. The van der Waals surface area contributed by atoms with Crippen molar-refractivity contribution < 1.29 is 4.79 Å². The number of carbonyl (C=O) groups excluding carboxylic acids is 1. The largest absolute Gasteiger partial charge is 0.293 e. The molecule has 1 aromatic rings. The quantitative estimate of drug-likeness (QED) is 0.698. The molecule has 0 aromatic carbocycles. The van der Waals surface area contributed by atoms with E-state index >= 15 is 0 Å². The Balaban J connectivity index is 2.21. The Labute approximate surface area is 112 Å². The van der Waals surface area contributed by atoms with Gasteiger partial charge >= 0.3 is 0 Å². The minimum absolute atomic E-state index is 0.212. The van der Waals surface area contributed by atoms with Crippen molar-refractivity contribution in [2.45, 2.75) is 46.0 Å². The smallest absolute Gasteiger partial charge is 0.177 e. The second kappa shape index (κ2) is 5.53. The van der Waals surface area contributed by atoms with Gasteiger partial charge < -0.3 is 0 Å². The van der Waals surface area contributed by atoms with Crippen LogP contribution in [0.1, 0.15) is 54.3 Å². The highest BCUT2D eigenvalue weighted by atomic mass is 35.5. The maximum Gasteiger partial charge on any atom is 0.177 e. The zero-order valence-corrected chi connectivity index (χ0v) is 12.0. The van der Waals surface area contributed by atoms with Gasteiger partial charge in [-0.15, -0.1) is 11.3 Å². The maximum absolute atomic E-state index is 12.5. The summed E-state index contributed by atoms with van der Waals surface area (Å²) in [6.07, 6.45) is 5.83. The third kappa shape index (κ3) is 2.58. The van der Waals surface area contributed by atoms with Crippen LogP contribution < -0.4 is 0 Å². The minimum atomic E-state index is 0.212. The van der Waals surface area contributed by atoms with E-state index in [0.29, 0.717) is 16.7 Å². The first kappa shape index (κ1) is 13.1. The van der Waals surface area contributed by atoms with Crippen molar-refractivity contribution in [3.05, 3.63) is 20.8 Å². The Morgan fingerprint density at radius 2 is 2.18 bits per heavy atom. The molecule has 2 unspecified atom stereocenters. The summed E-state index contributed by atoms with van der Waals surface area (Å²) in [5, 5.41) is 2.67. The van der Waals surface area contributed by atoms with Crippen LogP contribution in [0.4, 0.5) is 0 Å². The van der Waals surface area contributed by atoms with Gasteiger partial charge in [0.15, 0.2) is 5.78 Å². The fraction of sp³-hybridized carbons (Fsp3) is 0.643. The lowest BCUT2D eigenvalue weighted by molar-refractivity contribution is 0.0825. The van der Waals surface area contributed by atoms with Crippen LogP contribution in [0, 0.1) is 18.8 Å². The van der Waals surface area contributed by atoms with E-state index in [1.54, 1.807) is 0 Å². The van der Waals surface area contributed by atoms with E-state index in [9.17, 15) is 4.79 Å². The molecule has 0 aliphatic heterocycles. The molecule has 17 heavy (non-hydrogen) atoms. The van der Waals surface area contributed by atoms with Crippen molar-refractivity contribution in [3.8, 4) is 0 Å². The Hall–Kier alpha value is -0.340. The van der Waals surface area contributed by atoms with E-state index in [2.05, 4.69) is 6.92 Å². The molecule has 0 spiro atoms. The monoisotopic (exact) mass is 270 g/mol. The Bertz CT molecular complexity index is 410. The Morgan fingerprint density at radius 1 is 1.47 bits per heavy atom. The summed E-state index contributed by atoms with van der Waals surface area (Å²) in [7, 11) is 0. The van der Waals surface area contributed by atoms with Crippen LogP contribution in [-0.2, 0) is 0 Å². The minimum Gasteiger partial charge on any atom is -0.293 e. The number of hydrogen-bond acceptors (Lipinski definition) is 2. The van der Waals surface area contributed by atoms with Gasteiger partial charge in [-0.1, -0.05) is 37.8 Å². The van der Waals surface area contributed by atoms with Gasteiger partial charge in [-0.3, -0.25) is 4.79 Å². The molecule has 1 saturated carbocycles. The summed E-state index contributed by atoms with van der Waals surface area (Å²) in [5.41, 5.74) is 1.03. The molecular weight excluding hydrogens is 252 g/mol. The van der Waals surface area contributed by atoms with Gasteiger partial charge in [-0.05, 0) is 36.6 Å². The number of ketones is 1. The number of aryl methyl sites for hydroxylation is 1. The van der Waals surface area contributed by atoms with Crippen molar-refractivity contribution in [1.29, 1.82) is 0 Å². The van der Waals surface area contributed by atoms with E-state index in [4.69, 9.17) is 11.6 Å². The third-order valence-electron chi connectivity index (χ3n) is 3.89. The summed E-state index contributed by atoms with van der Waals surface area (Å²) in [6, 6.07) is 0. The van der Waals surface area contributed by atoms with Crippen molar-refractivity contribution in [1.82, 2.24) is 0 Å². The molecule has 0 bridgehead atoms. The van der Waals surface area contributed by atoms with Gasteiger partial charge in [0.05, 0.1) is 9.90 Å². The van der Waals surface area contributed by atoms with Gasteiger partial charge in [-0.2, -0.15) is 0 Å². The summed E-state index contributed by atoms with van der Waals surface area (Å²) in [4.78, 5) is 13.3. The van der Waals surface area contributed by atoms with E-state index < -0.39 is 0 Å². The lowest BCUT2D eigenvalue weighted by Crippen LogP contribution is -2.26. The van der Waals surface area contributed by atoms with Crippen LogP contribution in [0.25, 0.3) is 0 Å². The molecule has 0 radical (unpaired) electrons. The summed E-state index contributed by atoms with van der Waals surface area (Å²) < 4.78 is 0. The molecule has 1 fully saturated rings. The lowest BCUT2D eigenvalue weighted by atomic mass is 9.75. The molecule has 1 aliphatic rings. The molecule has 2 rings (SSSR count). The zero-order chi connectivity index (χ0) is 12.4. The maximum atomic E-state index is 12.5. The van der Waals surface area contributed by atoms with Gasteiger partial charge in [0.1, 0.15) is 0 Å². The summed E-state index contributed by atoms with van der Waals surface area (Å²) in [6.45, 7) is 4.16. The highest BCUT2D eigenvalue weighted by Gasteiger charge is 2.32. The van der Waals surface area contributed by atoms with Gasteiger partial charge in [0.25, 0.3) is 0 Å². The van der Waals surface area contributed by atoms with Crippen LogP contribution in [0.15, 0.2) is 5.38 Å². The Kier molecular flexibility index (Phi) is 4.26. The SMILES string of the molecule is CCC1CCCCC1C(=O)c1scc(C)c1Cl. The number of halogens is 1. The second-order valence-electron chi connectivity index (χ2n) is 4.99. The highest BCUT2D eigenvalue weighted by molar-refractivity contribution is 7.13. The lowest BCUT2D eigenvalue weighted by Gasteiger charge is -2.29. The molecule has 1 nitrogen and oxygen atoms in total.